The second-order valence-electron chi connectivity index (χ2n) is 9.25. The fourth-order valence-electron chi connectivity index (χ4n) is 4.10. The van der Waals surface area contributed by atoms with Crippen molar-refractivity contribution in [3.8, 4) is 0 Å². The first-order chi connectivity index (χ1) is 13.1. The van der Waals surface area contributed by atoms with Gasteiger partial charge in [0.15, 0.2) is 5.78 Å². The number of ketones is 1. The minimum absolute atomic E-state index is 0.0528. The summed E-state index contributed by atoms with van der Waals surface area (Å²) in [6, 6.07) is 1.31. The number of piperidine rings is 1. The molecule has 1 aromatic rings. The van der Waals surface area contributed by atoms with Crippen molar-refractivity contribution in [2.24, 2.45) is 5.92 Å². The molecule has 1 aliphatic carbocycles. The fraction of sp³-hybridized carbons (Fsp3) is 0.762. The van der Waals surface area contributed by atoms with E-state index < -0.39 is 17.9 Å². The molecule has 3 rings (SSSR count). The van der Waals surface area contributed by atoms with Crippen LogP contribution in [-0.4, -0.2) is 40.3 Å². The summed E-state index contributed by atoms with van der Waals surface area (Å²) in [4.78, 5) is 27.5. The van der Waals surface area contributed by atoms with E-state index in [2.05, 4.69) is 5.16 Å². The van der Waals surface area contributed by atoms with E-state index in [0.29, 0.717) is 18.7 Å². The van der Waals surface area contributed by atoms with Crippen molar-refractivity contribution in [1.82, 2.24) is 10.1 Å². The second kappa shape index (κ2) is 7.91. The standard InChI is InChI=1S/C21H30F2N2O3/c1-20(2,3)18-13-15(24-28-18)12-17(26)16-6-4-5-11-25(16)19(27)14-7-9-21(22,23)10-8-14/h13-14,16H,4-12H2,1-3H3/t16-/m0/s1. The van der Waals surface area contributed by atoms with E-state index in [1.165, 1.54) is 0 Å². The summed E-state index contributed by atoms with van der Waals surface area (Å²) in [5.41, 5.74) is 0.384. The lowest BCUT2D eigenvalue weighted by Gasteiger charge is -2.38. The highest BCUT2D eigenvalue weighted by Crippen LogP contribution is 2.37. The smallest absolute Gasteiger partial charge is 0.248 e. The number of amides is 1. The van der Waals surface area contributed by atoms with Crippen LogP contribution in [0.15, 0.2) is 10.6 Å². The topological polar surface area (TPSA) is 63.4 Å². The van der Waals surface area contributed by atoms with Crippen LogP contribution in [0.25, 0.3) is 0 Å². The lowest BCUT2D eigenvalue weighted by molar-refractivity contribution is -0.147. The van der Waals surface area contributed by atoms with Gasteiger partial charge in [0, 0.05) is 36.8 Å². The van der Waals surface area contributed by atoms with Crippen molar-refractivity contribution in [2.45, 2.75) is 89.5 Å². The van der Waals surface area contributed by atoms with Gasteiger partial charge >= 0.3 is 0 Å². The lowest BCUT2D eigenvalue weighted by atomic mass is 9.84. The molecule has 1 atom stereocenters. The van der Waals surface area contributed by atoms with Crippen molar-refractivity contribution in [3.63, 3.8) is 0 Å². The number of nitrogens with zero attached hydrogens (tertiary/aromatic N) is 2. The average Bonchev–Trinajstić information content (AvgIpc) is 3.10. The molecular formula is C21H30F2N2O3. The zero-order valence-electron chi connectivity index (χ0n) is 17.0. The summed E-state index contributed by atoms with van der Waals surface area (Å²) < 4.78 is 32.2. The van der Waals surface area contributed by atoms with E-state index in [4.69, 9.17) is 4.52 Å². The molecule has 156 valence electrons. The maximum Gasteiger partial charge on any atom is 0.248 e. The number of likely N-dealkylation sites (tertiary alicyclic amines) is 1. The Morgan fingerprint density at radius 3 is 2.50 bits per heavy atom. The number of carbonyl (C=O) groups is 2. The first kappa shape index (κ1) is 20.9. The molecule has 2 fully saturated rings. The lowest BCUT2D eigenvalue weighted by Crippen LogP contribution is -2.51. The Hall–Kier alpha value is -1.79. The van der Waals surface area contributed by atoms with Crippen molar-refractivity contribution in [3.05, 3.63) is 17.5 Å². The predicted molar refractivity (Wildman–Crippen MR) is 100 cm³/mol. The molecule has 2 heterocycles. The normalized spacial score (nSPS) is 23.6. The molecule has 1 aliphatic heterocycles. The van der Waals surface area contributed by atoms with Gasteiger partial charge in [-0.05, 0) is 32.1 Å². The van der Waals surface area contributed by atoms with Crippen molar-refractivity contribution in [1.29, 1.82) is 0 Å². The second-order valence-corrected chi connectivity index (χ2v) is 9.25. The van der Waals surface area contributed by atoms with Gasteiger partial charge in [0.2, 0.25) is 11.8 Å². The first-order valence-corrected chi connectivity index (χ1v) is 10.2. The molecular weight excluding hydrogens is 366 g/mol. The van der Waals surface area contributed by atoms with Crippen LogP contribution in [0.1, 0.15) is 77.2 Å². The Morgan fingerprint density at radius 2 is 1.89 bits per heavy atom. The van der Waals surface area contributed by atoms with Gasteiger partial charge < -0.3 is 9.42 Å². The van der Waals surface area contributed by atoms with Gasteiger partial charge in [-0.15, -0.1) is 0 Å². The van der Waals surface area contributed by atoms with Gasteiger partial charge in [-0.1, -0.05) is 25.9 Å². The van der Waals surface area contributed by atoms with Gasteiger partial charge in [-0.2, -0.15) is 0 Å². The quantitative estimate of drug-likeness (QED) is 0.762. The van der Waals surface area contributed by atoms with Gasteiger partial charge in [0.1, 0.15) is 5.76 Å². The molecule has 1 saturated carbocycles. The Kier molecular flexibility index (Phi) is 5.92. The third kappa shape index (κ3) is 4.78. The highest BCUT2D eigenvalue weighted by Gasteiger charge is 2.41. The minimum Gasteiger partial charge on any atom is -0.361 e. The fourth-order valence-corrected chi connectivity index (χ4v) is 4.10. The number of hydrogen-bond acceptors (Lipinski definition) is 4. The molecule has 7 heteroatoms. The van der Waals surface area contributed by atoms with Crippen LogP contribution in [0.4, 0.5) is 8.78 Å². The van der Waals surface area contributed by atoms with E-state index >= 15 is 0 Å². The first-order valence-electron chi connectivity index (χ1n) is 10.2. The molecule has 5 nitrogen and oxygen atoms in total. The zero-order valence-corrected chi connectivity index (χ0v) is 17.0. The summed E-state index contributed by atoms with van der Waals surface area (Å²) in [6.07, 6.45) is 2.37. The summed E-state index contributed by atoms with van der Waals surface area (Å²) in [7, 11) is 0. The van der Waals surface area contributed by atoms with E-state index in [9.17, 15) is 18.4 Å². The predicted octanol–water partition coefficient (Wildman–Crippen LogP) is 4.29. The molecule has 0 bridgehead atoms. The van der Waals surface area contributed by atoms with Gasteiger partial charge in [-0.3, -0.25) is 9.59 Å². The molecule has 28 heavy (non-hydrogen) atoms. The number of carbonyl (C=O) groups excluding carboxylic acids is 2. The third-order valence-corrected chi connectivity index (χ3v) is 5.88. The highest BCUT2D eigenvalue weighted by molar-refractivity contribution is 5.91. The number of Topliss-reactive ketones (excluding diaryl/α,β-unsaturated/α-hetero) is 1. The van der Waals surface area contributed by atoms with Gasteiger partial charge in [-0.25, -0.2) is 8.78 Å². The highest BCUT2D eigenvalue weighted by atomic mass is 19.3. The maximum atomic E-state index is 13.4. The van der Waals surface area contributed by atoms with Crippen LogP contribution in [0.2, 0.25) is 0 Å². The van der Waals surface area contributed by atoms with Crippen LogP contribution in [-0.2, 0) is 21.4 Å². The molecule has 0 N–H and O–H groups in total. The Balaban J connectivity index is 1.66. The zero-order chi connectivity index (χ0) is 20.5. The van der Waals surface area contributed by atoms with Crippen molar-refractivity contribution in [2.75, 3.05) is 6.54 Å². The number of alkyl halides is 2. The van der Waals surface area contributed by atoms with Crippen LogP contribution in [0.5, 0.6) is 0 Å². The van der Waals surface area contributed by atoms with Crippen LogP contribution in [0.3, 0.4) is 0 Å². The van der Waals surface area contributed by atoms with E-state index in [-0.39, 0.29) is 49.2 Å². The average molecular weight is 396 g/mol. The molecule has 2 aliphatic rings. The van der Waals surface area contributed by atoms with Crippen LogP contribution < -0.4 is 0 Å². The molecule has 1 aromatic heterocycles. The largest absolute Gasteiger partial charge is 0.361 e. The minimum atomic E-state index is -2.66. The SMILES string of the molecule is CC(C)(C)c1cc(CC(=O)[C@@H]2CCCCN2C(=O)C2CCC(F)(F)CC2)no1. The van der Waals surface area contributed by atoms with E-state index in [1.54, 1.807) is 11.0 Å². The molecule has 0 radical (unpaired) electrons. The monoisotopic (exact) mass is 396 g/mol. The maximum absolute atomic E-state index is 13.4. The summed E-state index contributed by atoms with van der Waals surface area (Å²) in [5.74, 6) is -2.53. The van der Waals surface area contributed by atoms with Crippen molar-refractivity contribution >= 4 is 11.7 Å². The Bertz CT molecular complexity index is 713. The molecule has 0 spiro atoms. The van der Waals surface area contributed by atoms with E-state index in [1.807, 2.05) is 20.8 Å². The number of hydrogen-bond donors (Lipinski definition) is 0. The number of rotatable bonds is 4. The Morgan fingerprint density at radius 1 is 1.21 bits per heavy atom. The van der Waals surface area contributed by atoms with Crippen LogP contribution >= 0.6 is 0 Å². The van der Waals surface area contributed by atoms with Crippen LogP contribution in [0, 0.1) is 5.92 Å². The molecule has 1 amide bonds. The summed E-state index contributed by atoms with van der Waals surface area (Å²) >= 11 is 0. The molecule has 1 saturated heterocycles. The van der Waals surface area contributed by atoms with Gasteiger partial charge in [0.25, 0.3) is 0 Å². The molecule has 0 aromatic carbocycles. The van der Waals surface area contributed by atoms with Crippen molar-refractivity contribution < 1.29 is 22.9 Å². The summed E-state index contributed by atoms with van der Waals surface area (Å²) in [5, 5.41) is 4.01. The third-order valence-electron chi connectivity index (χ3n) is 5.88. The van der Waals surface area contributed by atoms with E-state index in [0.717, 1.165) is 18.6 Å². The number of halogens is 2. The number of aromatic nitrogens is 1. The Labute approximate surface area is 164 Å². The summed E-state index contributed by atoms with van der Waals surface area (Å²) in [6.45, 7) is 6.55. The molecule has 0 unspecified atom stereocenters. The van der Waals surface area contributed by atoms with Gasteiger partial charge in [0.05, 0.1) is 18.2 Å².